The Hall–Kier alpha value is -0.810. The SMILES string of the molecule is CC1=C(C)CP(=O)(c2c(C(C)C)cc(C(C)C)cc2C(C)C)C1. The summed E-state index contributed by atoms with van der Waals surface area (Å²) in [5.74, 6) is 1.33. The molecule has 0 aromatic heterocycles. The molecule has 0 amide bonds. The van der Waals surface area contributed by atoms with E-state index in [0.717, 1.165) is 12.3 Å². The van der Waals surface area contributed by atoms with Crippen molar-refractivity contribution in [1.82, 2.24) is 0 Å². The first kappa shape index (κ1) is 18.5. The topological polar surface area (TPSA) is 17.1 Å². The molecule has 2 heteroatoms. The zero-order valence-corrected chi connectivity index (χ0v) is 17.1. The fraction of sp³-hybridized carbons (Fsp3) is 0.619. The van der Waals surface area contributed by atoms with E-state index < -0.39 is 7.14 Å². The molecule has 1 aromatic rings. The van der Waals surface area contributed by atoms with Crippen molar-refractivity contribution >= 4 is 12.4 Å². The van der Waals surface area contributed by atoms with Gasteiger partial charge in [0.25, 0.3) is 0 Å². The fourth-order valence-corrected chi connectivity index (χ4v) is 7.73. The third-order valence-electron chi connectivity index (χ3n) is 5.22. The summed E-state index contributed by atoms with van der Waals surface area (Å²) in [6, 6.07) is 4.67. The van der Waals surface area contributed by atoms with Crippen LogP contribution in [0.4, 0.5) is 0 Å². The number of rotatable bonds is 4. The Morgan fingerprint density at radius 2 is 1.17 bits per heavy atom. The van der Waals surface area contributed by atoms with Crippen LogP contribution in [-0.4, -0.2) is 12.3 Å². The smallest absolute Gasteiger partial charge is 0.123 e. The van der Waals surface area contributed by atoms with Gasteiger partial charge in [-0.3, -0.25) is 0 Å². The van der Waals surface area contributed by atoms with Gasteiger partial charge < -0.3 is 4.57 Å². The Balaban J connectivity index is 2.73. The van der Waals surface area contributed by atoms with E-state index in [4.69, 9.17) is 0 Å². The van der Waals surface area contributed by atoms with E-state index in [1.54, 1.807) is 0 Å². The van der Waals surface area contributed by atoms with E-state index in [0.29, 0.717) is 17.8 Å². The molecule has 0 unspecified atom stereocenters. The molecule has 1 aromatic carbocycles. The lowest BCUT2D eigenvalue weighted by Gasteiger charge is -2.27. The highest BCUT2D eigenvalue weighted by atomic mass is 31.2. The van der Waals surface area contributed by atoms with Crippen LogP contribution in [0, 0.1) is 0 Å². The van der Waals surface area contributed by atoms with Gasteiger partial charge in [-0.2, -0.15) is 0 Å². The van der Waals surface area contributed by atoms with Gasteiger partial charge in [0.15, 0.2) is 0 Å². The van der Waals surface area contributed by atoms with Gasteiger partial charge in [-0.05, 0) is 48.3 Å². The van der Waals surface area contributed by atoms with Crippen molar-refractivity contribution in [3.8, 4) is 0 Å². The number of allylic oxidation sites excluding steroid dienone is 2. The summed E-state index contributed by atoms with van der Waals surface area (Å²) in [6.07, 6.45) is 1.55. The van der Waals surface area contributed by atoms with Crippen molar-refractivity contribution in [2.45, 2.75) is 73.1 Å². The minimum atomic E-state index is -2.34. The molecule has 1 heterocycles. The van der Waals surface area contributed by atoms with E-state index in [-0.39, 0.29) is 0 Å². The third kappa shape index (κ3) is 3.50. The highest BCUT2D eigenvalue weighted by molar-refractivity contribution is 7.72. The summed E-state index contributed by atoms with van der Waals surface area (Å²) >= 11 is 0. The van der Waals surface area contributed by atoms with Gasteiger partial charge in [0.1, 0.15) is 7.14 Å². The summed E-state index contributed by atoms with van der Waals surface area (Å²) in [4.78, 5) is 0. The van der Waals surface area contributed by atoms with E-state index in [9.17, 15) is 4.57 Å². The molecule has 0 N–H and O–H groups in total. The average molecular weight is 332 g/mol. The highest BCUT2D eigenvalue weighted by Gasteiger charge is 2.36. The Morgan fingerprint density at radius 1 is 0.783 bits per heavy atom. The fourth-order valence-electron chi connectivity index (χ4n) is 3.64. The van der Waals surface area contributed by atoms with Crippen molar-refractivity contribution in [3.63, 3.8) is 0 Å². The van der Waals surface area contributed by atoms with Crippen LogP contribution in [0.1, 0.15) is 89.8 Å². The Bertz CT molecular complexity index is 630. The van der Waals surface area contributed by atoms with Crippen molar-refractivity contribution in [3.05, 3.63) is 40.0 Å². The second-order valence-corrected chi connectivity index (χ2v) is 11.1. The average Bonchev–Trinajstić information content (AvgIpc) is 2.71. The van der Waals surface area contributed by atoms with Gasteiger partial charge in [-0.25, -0.2) is 0 Å². The minimum absolute atomic E-state index is 0.410. The molecule has 1 aliphatic rings. The lowest BCUT2D eigenvalue weighted by molar-refractivity contribution is 0.584. The van der Waals surface area contributed by atoms with Crippen LogP contribution in [0.3, 0.4) is 0 Å². The predicted molar refractivity (Wildman–Crippen MR) is 104 cm³/mol. The van der Waals surface area contributed by atoms with E-state index in [1.165, 1.54) is 33.1 Å². The summed E-state index contributed by atoms with van der Waals surface area (Å²) in [5.41, 5.74) is 6.71. The van der Waals surface area contributed by atoms with Gasteiger partial charge in [-0.1, -0.05) is 64.8 Å². The monoisotopic (exact) mass is 332 g/mol. The third-order valence-corrected chi connectivity index (χ3v) is 8.52. The predicted octanol–water partition coefficient (Wildman–Crippen LogP) is 6.40. The van der Waals surface area contributed by atoms with Crippen LogP contribution in [0.2, 0.25) is 0 Å². The summed E-state index contributed by atoms with van der Waals surface area (Å²) < 4.78 is 13.9. The molecule has 0 spiro atoms. The van der Waals surface area contributed by atoms with Gasteiger partial charge in [0, 0.05) is 17.6 Å². The first-order valence-corrected chi connectivity index (χ1v) is 11.1. The number of hydrogen-bond acceptors (Lipinski definition) is 1. The van der Waals surface area contributed by atoms with Crippen LogP contribution in [0.25, 0.3) is 0 Å². The van der Waals surface area contributed by atoms with Crippen LogP contribution in [0.5, 0.6) is 0 Å². The number of hydrogen-bond donors (Lipinski definition) is 0. The zero-order valence-electron chi connectivity index (χ0n) is 16.2. The van der Waals surface area contributed by atoms with Crippen LogP contribution in [-0.2, 0) is 4.57 Å². The first-order chi connectivity index (χ1) is 10.6. The van der Waals surface area contributed by atoms with Crippen molar-refractivity contribution in [2.75, 3.05) is 12.3 Å². The Kier molecular flexibility index (Phi) is 5.31. The molecule has 0 saturated carbocycles. The molecule has 0 saturated heterocycles. The van der Waals surface area contributed by atoms with Crippen molar-refractivity contribution in [1.29, 1.82) is 0 Å². The molecule has 1 aliphatic heterocycles. The second kappa shape index (κ2) is 6.60. The first-order valence-electron chi connectivity index (χ1n) is 8.98. The van der Waals surface area contributed by atoms with E-state index >= 15 is 0 Å². The maximum absolute atomic E-state index is 13.9. The zero-order chi connectivity index (χ0) is 17.5. The molecule has 0 radical (unpaired) electrons. The second-order valence-electron chi connectivity index (χ2n) is 8.28. The maximum Gasteiger partial charge on any atom is 0.123 e. The molecule has 0 fully saturated rings. The normalized spacial score (nSPS) is 17.9. The quantitative estimate of drug-likeness (QED) is 0.461. The molecule has 23 heavy (non-hydrogen) atoms. The summed E-state index contributed by atoms with van der Waals surface area (Å²) in [7, 11) is -2.34. The van der Waals surface area contributed by atoms with Gasteiger partial charge in [-0.15, -0.1) is 0 Å². The Morgan fingerprint density at radius 3 is 1.48 bits per heavy atom. The minimum Gasteiger partial charge on any atom is -0.318 e. The van der Waals surface area contributed by atoms with Crippen LogP contribution < -0.4 is 5.30 Å². The standard InChI is InChI=1S/C21H33OP/c1-13(2)18-9-19(14(3)4)21(20(10-18)15(5)6)23(22)11-16(7)17(8)12-23/h9-10,13-15H,11-12H2,1-8H3. The van der Waals surface area contributed by atoms with Crippen LogP contribution >= 0.6 is 7.14 Å². The molecular weight excluding hydrogens is 299 g/mol. The van der Waals surface area contributed by atoms with Gasteiger partial charge in [0.2, 0.25) is 0 Å². The van der Waals surface area contributed by atoms with Gasteiger partial charge in [0.05, 0.1) is 0 Å². The van der Waals surface area contributed by atoms with Crippen molar-refractivity contribution < 1.29 is 4.57 Å². The molecule has 1 nitrogen and oxygen atoms in total. The van der Waals surface area contributed by atoms with Crippen LogP contribution in [0.15, 0.2) is 23.3 Å². The highest BCUT2D eigenvalue weighted by Crippen LogP contribution is 2.55. The lowest BCUT2D eigenvalue weighted by atomic mass is 9.89. The number of benzene rings is 1. The molecular formula is C21H33OP. The lowest BCUT2D eigenvalue weighted by Crippen LogP contribution is -2.22. The molecule has 0 bridgehead atoms. The summed E-state index contributed by atoms with van der Waals surface area (Å²) in [5, 5.41) is 1.21. The van der Waals surface area contributed by atoms with Crippen molar-refractivity contribution in [2.24, 2.45) is 0 Å². The molecule has 2 rings (SSSR count). The Labute approximate surface area is 142 Å². The maximum atomic E-state index is 13.9. The van der Waals surface area contributed by atoms with Gasteiger partial charge >= 0.3 is 0 Å². The van der Waals surface area contributed by atoms with E-state index in [1.807, 2.05) is 0 Å². The largest absolute Gasteiger partial charge is 0.318 e. The summed E-state index contributed by atoms with van der Waals surface area (Å²) in [6.45, 7) is 17.8. The molecule has 0 atom stereocenters. The molecule has 128 valence electrons. The molecule has 0 aliphatic carbocycles. The van der Waals surface area contributed by atoms with E-state index in [2.05, 4.69) is 67.5 Å².